The van der Waals surface area contributed by atoms with Crippen LogP contribution < -0.4 is 5.32 Å². The Bertz CT molecular complexity index is 558. The number of nitrogens with one attached hydrogen (secondary N) is 1. The Labute approximate surface area is 124 Å². The van der Waals surface area contributed by atoms with Gasteiger partial charge in [0.15, 0.2) is 0 Å². The molecular weight excluding hydrogens is 330 g/mol. The Hall–Kier alpha value is -1.70. The minimum Gasteiger partial charge on any atom is -0.481 e. The van der Waals surface area contributed by atoms with Crippen molar-refractivity contribution in [3.8, 4) is 0 Å². The normalized spacial score (nSPS) is 12.1. The van der Waals surface area contributed by atoms with Crippen LogP contribution >= 0.6 is 15.9 Å². The van der Waals surface area contributed by atoms with Crippen LogP contribution in [-0.2, 0) is 4.79 Å². The van der Waals surface area contributed by atoms with Crippen molar-refractivity contribution in [2.75, 3.05) is 5.32 Å². The zero-order valence-electron chi connectivity index (χ0n) is 11.6. The molecule has 1 rings (SSSR count). The number of halogens is 1. The van der Waals surface area contributed by atoms with Gasteiger partial charge < -0.3 is 10.4 Å². The van der Waals surface area contributed by atoms with Gasteiger partial charge in [0, 0.05) is 11.6 Å². The first kappa shape index (κ1) is 16.4. The summed E-state index contributed by atoms with van der Waals surface area (Å²) in [6.45, 7) is 6.66. The average Bonchev–Trinajstić information content (AvgIpc) is 2.30. The summed E-state index contributed by atoms with van der Waals surface area (Å²) in [4.78, 5) is 25.4. The van der Waals surface area contributed by atoms with Crippen molar-refractivity contribution in [1.29, 1.82) is 0 Å². The smallest absolute Gasteiger partial charge is 0.311 e. The number of aromatic nitrogens is 1. The fourth-order valence-corrected chi connectivity index (χ4v) is 1.78. The minimum atomic E-state index is -1.06. The molecule has 0 aromatic carbocycles. The van der Waals surface area contributed by atoms with Crippen LogP contribution in [0.1, 0.15) is 27.7 Å². The molecule has 0 bridgehead atoms. The number of rotatable bonds is 5. The lowest BCUT2D eigenvalue weighted by molar-refractivity contribution is -0.385. The molecule has 1 heterocycles. The van der Waals surface area contributed by atoms with Crippen LogP contribution in [0.5, 0.6) is 0 Å². The van der Waals surface area contributed by atoms with Crippen LogP contribution in [0.15, 0.2) is 16.7 Å². The van der Waals surface area contributed by atoms with Gasteiger partial charge in [0.1, 0.15) is 12.0 Å². The Morgan fingerprint density at radius 1 is 1.45 bits per heavy atom. The molecule has 1 aromatic rings. The Balaban J connectivity index is 3.10. The molecule has 0 unspecified atom stereocenters. The standard InChI is InChI=1S/C12H16BrN3O4/c1-11(2,10(17)18)12(3,4)15-9-8(13)5-7(6-14-9)16(19)20/h5-6H,1-4H3,(H,14,15)(H,17,18). The molecule has 110 valence electrons. The summed E-state index contributed by atoms with van der Waals surface area (Å²) in [5.74, 6) is -0.594. The third-order valence-electron chi connectivity index (χ3n) is 3.57. The maximum Gasteiger partial charge on any atom is 0.311 e. The van der Waals surface area contributed by atoms with Crippen LogP contribution in [0.4, 0.5) is 11.5 Å². The van der Waals surface area contributed by atoms with Crippen LogP contribution in [0.3, 0.4) is 0 Å². The molecule has 0 fully saturated rings. The molecule has 0 amide bonds. The highest BCUT2D eigenvalue weighted by Crippen LogP contribution is 2.35. The van der Waals surface area contributed by atoms with Gasteiger partial charge in [-0.25, -0.2) is 4.98 Å². The van der Waals surface area contributed by atoms with E-state index in [0.717, 1.165) is 6.20 Å². The summed E-state index contributed by atoms with van der Waals surface area (Å²) in [5.41, 5.74) is -2.02. The number of aliphatic carboxylic acids is 1. The average molecular weight is 346 g/mol. The van der Waals surface area contributed by atoms with E-state index in [1.165, 1.54) is 6.07 Å². The monoisotopic (exact) mass is 345 g/mol. The third-order valence-corrected chi connectivity index (χ3v) is 4.17. The lowest BCUT2D eigenvalue weighted by Gasteiger charge is -2.39. The molecule has 0 radical (unpaired) electrons. The van der Waals surface area contributed by atoms with Crippen molar-refractivity contribution in [1.82, 2.24) is 4.98 Å². The number of pyridine rings is 1. The molecule has 0 aliphatic carbocycles. The Kier molecular flexibility index (Phi) is 4.38. The lowest BCUT2D eigenvalue weighted by atomic mass is 9.74. The molecule has 0 aliphatic rings. The Morgan fingerprint density at radius 3 is 2.40 bits per heavy atom. The predicted molar refractivity (Wildman–Crippen MR) is 77.7 cm³/mol. The zero-order valence-corrected chi connectivity index (χ0v) is 13.2. The highest BCUT2D eigenvalue weighted by Gasteiger charge is 2.44. The van der Waals surface area contributed by atoms with E-state index < -0.39 is 21.8 Å². The van der Waals surface area contributed by atoms with Gasteiger partial charge in [-0.3, -0.25) is 14.9 Å². The first-order chi connectivity index (χ1) is 8.99. The van der Waals surface area contributed by atoms with Gasteiger partial charge in [0.25, 0.3) is 5.69 Å². The number of nitro groups is 1. The van der Waals surface area contributed by atoms with Crippen molar-refractivity contribution in [3.05, 3.63) is 26.9 Å². The van der Waals surface area contributed by atoms with Crippen molar-refractivity contribution in [2.45, 2.75) is 33.2 Å². The molecule has 8 heteroatoms. The van der Waals surface area contributed by atoms with Gasteiger partial charge in [-0.15, -0.1) is 0 Å². The molecule has 0 spiro atoms. The van der Waals surface area contributed by atoms with E-state index in [0.29, 0.717) is 10.3 Å². The van der Waals surface area contributed by atoms with E-state index in [2.05, 4.69) is 26.2 Å². The maximum absolute atomic E-state index is 11.3. The van der Waals surface area contributed by atoms with Gasteiger partial charge in [-0.2, -0.15) is 0 Å². The second kappa shape index (κ2) is 5.35. The highest BCUT2D eigenvalue weighted by molar-refractivity contribution is 9.10. The molecule has 1 aromatic heterocycles. The van der Waals surface area contributed by atoms with Crippen LogP contribution in [0, 0.1) is 15.5 Å². The number of carboxylic acids is 1. The molecule has 2 N–H and O–H groups in total. The van der Waals surface area contributed by atoms with E-state index in [-0.39, 0.29) is 5.69 Å². The SMILES string of the molecule is CC(C)(Nc1ncc([N+](=O)[O-])cc1Br)C(C)(C)C(=O)O. The van der Waals surface area contributed by atoms with E-state index in [1.807, 2.05) is 0 Å². The maximum atomic E-state index is 11.3. The third kappa shape index (κ3) is 3.06. The van der Waals surface area contributed by atoms with E-state index in [4.69, 9.17) is 0 Å². The molecule has 0 atom stereocenters. The minimum absolute atomic E-state index is 0.141. The van der Waals surface area contributed by atoms with E-state index in [1.54, 1.807) is 27.7 Å². The van der Waals surface area contributed by atoms with Crippen molar-refractivity contribution in [2.24, 2.45) is 5.41 Å². The number of carbonyl (C=O) groups is 1. The zero-order chi connectivity index (χ0) is 15.7. The summed E-state index contributed by atoms with van der Waals surface area (Å²) < 4.78 is 0.404. The van der Waals surface area contributed by atoms with Crippen LogP contribution in [0.2, 0.25) is 0 Å². The molecular formula is C12H16BrN3O4. The van der Waals surface area contributed by atoms with Gasteiger partial charge in [0.2, 0.25) is 0 Å². The summed E-state index contributed by atoms with van der Waals surface area (Å²) in [5, 5.41) is 22.9. The van der Waals surface area contributed by atoms with Crippen LogP contribution in [-0.4, -0.2) is 26.5 Å². The number of nitrogens with zero attached hydrogens (tertiary/aromatic N) is 2. The first-order valence-corrected chi connectivity index (χ1v) is 6.60. The van der Waals surface area contributed by atoms with Crippen LogP contribution in [0.25, 0.3) is 0 Å². The summed E-state index contributed by atoms with van der Waals surface area (Å²) in [7, 11) is 0. The quantitative estimate of drug-likeness (QED) is 0.627. The number of hydrogen-bond acceptors (Lipinski definition) is 5. The topological polar surface area (TPSA) is 105 Å². The predicted octanol–water partition coefficient (Wildman–Crippen LogP) is 3.05. The molecule has 0 saturated heterocycles. The van der Waals surface area contributed by atoms with E-state index in [9.17, 15) is 20.0 Å². The van der Waals surface area contributed by atoms with Gasteiger partial charge in [-0.05, 0) is 43.6 Å². The van der Waals surface area contributed by atoms with Crippen molar-refractivity contribution in [3.63, 3.8) is 0 Å². The van der Waals surface area contributed by atoms with Crippen molar-refractivity contribution >= 4 is 33.4 Å². The van der Waals surface area contributed by atoms with Gasteiger partial charge >= 0.3 is 5.97 Å². The number of carboxylic acid groups (broad SMARTS) is 1. The number of hydrogen-bond donors (Lipinski definition) is 2. The van der Waals surface area contributed by atoms with Crippen molar-refractivity contribution < 1.29 is 14.8 Å². The second-order valence-corrected chi connectivity index (χ2v) is 6.32. The summed E-state index contributed by atoms with van der Waals surface area (Å²) >= 11 is 3.20. The largest absolute Gasteiger partial charge is 0.481 e. The summed E-state index contributed by atoms with van der Waals surface area (Å²) in [6.07, 6.45) is 1.12. The molecule has 7 nitrogen and oxygen atoms in total. The molecule has 0 saturated carbocycles. The highest BCUT2D eigenvalue weighted by atomic mass is 79.9. The molecule has 0 aliphatic heterocycles. The second-order valence-electron chi connectivity index (χ2n) is 5.46. The summed E-state index contributed by atoms with van der Waals surface area (Å²) in [6, 6.07) is 1.32. The van der Waals surface area contributed by atoms with Gasteiger partial charge in [0.05, 0.1) is 14.8 Å². The fraction of sp³-hybridized carbons (Fsp3) is 0.500. The fourth-order valence-electron chi connectivity index (χ4n) is 1.34. The molecule has 20 heavy (non-hydrogen) atoms. The lowest BCUT2D eigenvalue weighted by Crippen LogP contribution is -2.50. The van der Waals surface area contributed by atoms with E-state index >= 15 is 0 Å². The first-order valence-electron chi connectivity index (χ1n) is 5.80. The Morgan fingerprint density at radius 2 is 2.00 bits per heavy atom. The van der Waals surface area contributed by atoms with Gasteiger partial charge in [-0.1, -0.05) is 0 Å². The number of anilines is 1.